The Morgan fingerprint density at radius 1 is 1.16 bits per heavy atom. The van der Waals surface area contributed by atoms with Crippen molar-refractivity contribution in [1.82, 2.24) is 4.98 Å². The zero-order valence-electron chi connectivity index (χ0n) is 17.4. The molecular formula is C23H25N3O4S. The smallest absolute Gasteiger partial charge is 0.249 e. The fourth-order valence-corrected chi connectivity index (χ4v) is 4.35. The Hall–Kier alpha value is -2.94. The summed E-state index contributed by atoms with van der Waals surface area (Å²) in [6, 6.07) is 13.5. The molecule has 2 heterocycles. The van der Waals surface area contributed by atoms with Crippen molar-refractivity contribution in [2.24, 2.45) is 5.73 Å². The van der Waals surface area contributed by atoms with Gasteiger partial charge in [-0.25, -0.2) is 4.98 Å². The zero-order valence-corrected chi connectivity index (χ0v) is 18.2. The molecule has 0 aliphatic carbocycles. The maximum absolute atomic E-state index is 12.1. The van der Waals surface area contributed by atoms with Gasteiger partial charge in [0.05, 0.1) is 25.5 Å². The number of methoxy groups -OCH3 is 1. The molecule has 4 rings (SSSR count). The summed E-state index contributed by atoms with van der Waals surface area (Å²) in [6.45, 7) is 3.96. The van der Waals surface area contributed by atoms with Gasteiger partial charge in [-0.3, -0.25) is 4.79 Å². The molecule has 1 aliphatic rings. The zero-order chi connectivity index (χ0) is 21.6. The van der Waals surface area contributed by atoms with Crippen molar-refractivity contribution in [3.05, 3.63) is 53.4 Å². The van der Waals surface area contributed by atoms with Gasteiger partial charge >= 0.3 is 0 Å². The normalized spacial score (nSPS) is 13.9. The Kier molecular flexibility index (Phi) is 6.81. The second kappa shape index (κ2) is 9.91. The van der Waals surface area contributed by atoms with Crippen molar-refractivity contribution in [3.8, 4) is 27.6 Å². The van der Waals surface area contributed by atoms with Crippen LogP contribution in [0.4, 0.5) is 5.69 Å². The summed E-state index contributed by atoms with van der Waals surface area (Å²) < 4.78 is 16.4. The van der Waals surface area contributed by atoms with Crippen molar-refractivity contribution >= 4 is 22.9 Å². The van der Waals surface area contributed by atoms with Gasteiger partial charge in [0.15, 0.2) is 0 Å². The third kappa shape index (κ3) is 4.87. The van der Waals surface area contributed by atoms with E-state index in [-0.39, 0.29) is 0 Å². The van der Waals surface area contributed by atoms with Gasteiger partial charge in [-0.05, 0) is 30.3 Å². The van der Waals surface area contributed by atoms with Crippen LogP contribution >= 0.6 is 11.3 Å². The summed E-state index contributed by atoms with van der Waals surface area (Å²) in [4.78, 5) is 19.2. The number of aromatic nitrogens is 1. The third-order valence-electron chi connectivity index (χ3n) is 5.09. The van der Waals surface area contributed by atoms with E-state index in [1.165, 1.54) is 11.3 Å². The average molecular weight is 440 g/mol. The minimum Gasteiger partial charge on any atom is -0.490 e. The van der Waals surface area contributed by atoms with Crippen LogP contribution < -0.4 is 15.4 Å². The molecule has 0 atom stereocenters. The lowest BCUT2D eigenvalue weighted by atomic mass is 10.1. The van der Waals surface area contributed by atoms with Gasteiger partial charge in [0.1, 0.15) is 17.4 Å². The molecule has 0 spiro atoms. The van der Waals surface area contributed by atoms with Crippen LogP contribution in [0.25, 0.3) is 21.8 Å². The van der Waals surface area contributed by atoms with Gasteiger partial charge in [-0.15, -0.1) is 11.3 Å². The first-order chi connectivity index (χ1) is 15.2. The highest BCUT2D eigenvalue weighted by Gasteiger charge is 2.19. The molecule has 2 aromatic carbocycles. The van der Waals surface area contributed by atoms with Crippen LogP contribution in [-0.4, -0.2) is 57.5 Å². The van der Waals surface area contributed by atoms with Crippen LogP contribution in [0.1, 0.15) is 10.4 Å². The number of hydrogen-bond donors (Lipinski definition) is 1. The number of amides is 1. The summed E-state index contributed by atoms with van der Waals surface area (Å²) in [5.74, 6) is 0.275. The Labute approximate surface area is 185 Å². The number of carbonyl (C=O) groups excluding carboxylic acids is 1. The summed E-state index contributed by atoms with van der Waals surface area (Å²) >= 11 is 1.48. The number of thiazole rings is 1. The Bertz CT molecular complexity index is 1050. The first kappa shape index (κ1) is 21.3. The number of rotatable bonds is 8. The molecule has 31 heavy (non-hydrogen) atoms. The topological polar surface area (TPSA) is 86.9 Å². The largest absolute Gasteiger partial charge is 0.490 e. The molecule has 2 N–H and O–H groups in total. The number of ether oxygens (including phenoxy) is 3. The fraction of sp³-hybridized carbons (Fsp3) is 0.304. The van der Waals surface area contributed by atoms with Gasteiger partial charge in [0.2, 0.25) is 5.91 Å². The molecule has 7 nitrogen and oxygen atoms in total. The first-order valence-corrected chi connectivity index (χ1v) is 11.0. The van der Waals surface area contributed by atoms with Gasteiger partial charge in [-0.1, -0.05) is 12.1 Å². The van der Waals surface area contributed by atoms with Gasteiger partial charge in [0.25, 0.3) is 0 Å². The molecule has 162 valence electrons. The lowest BCUT2D eigenvalue weighted by Gasteiger charge is -2.29. The molecule has 1 aromatic heterocycles. The van der Waals surface area contributed by atoms with Crippen LogP contribution in [0.5, 0.6) is 5.75 Å². The molecule has 8 heteroatoms. The number of anilines is 1. The highest BCUT2D eigenvalue weighted by molar-refractivity contribution is 7.13. The molecule has 3 aromatic rings. The number of hydrogen-bond acceptors (Lipinski definition) is 7. The predicted octanol–water partition coefficient (Wildman–Crippen LogP) is 3.44. The number of nitrogens with two attached hydrogens (primary N) is 1. The summed E-state index contributed by atoms with van der Waals surface area (Å²) in [7, 11) is 1.64. The molecule has 0 radical (unpaired) electrons. The standard InChI is InChI=1S/C23H25N3O4S/c1-28-12-13-30-21-5-3-2-4-18(21)20-15-31-23(25-20)19-14-16(6-7-17(19)22(24)27)26-8-10-29-11-9-26/h2-7,14-15H,8-13H2,1H3,(H2,24,27). The van der Waals surface area contributed by atoms with E-state index < -0.39 is 5.91 Å². The summed E-state index contributed by atoms with van der Waals surface area (Å²) in [6.07, 6.45) is 0. The van der Waals surface area contributed by atoms with Crippen molar-refractivity contribution in [2.75, 3.05) is 51.5 Å². The van der Waals surface area contributed by atoms with E-state index in [9.17, 15) is 4.79 Å². The molecule has 1 aliphatic heterocycles. The van der Waals surface area contributed by atoms with E-state index >= 15 is 0 Å². The van der Waals surface area contributed by atoms with Crippen LogP contribution in [-0.2, 0) is 9.47 Å². The van der Waals surface area contributed by atoms with Crippen molar-refractivity contribution in [1.29, 1.82) is 0 Å². The van der Waals surface area contributed by atoms with Crippen molar-refractivity contribution in [3.63, 3.8) is 0 Å². The Morgan fingerprint density at radius 2 is 1.97 bits per heavy atom. The molecule has 1 amide bonds. The first-order valence-electron chi connectivity index (χ1n) is 10.1. The van der Waals surface area contributed by atoms with Crippen molar-refractivity contribution in [2.45, 2.75) is 0 Å². The Balaban J connectivity index is 1.68. The summed E-state index contributed by atoms with van der Waals surface area (Å²) in [5, 5.41) is 2.71. The van der Waals surface area contributed by atoms with Crippen molar-refractivity contribution < 1.29 is 19.0 Å². The minimum absolute atomic E-state index is 0.456. The van der Waals surface area contributed by atoms with Crippen LogP contribution in [0, 0.1) is 0 Å². The van der Waals surface area contributed by atoms with Crippen LogP contribution in [0.15, 0.2) is 47.8 Å². The monoisotopic (exact) mass is 439 g/mol. The Morgan fingerprint density at radius 3 is 2.74 bits per heavy atom. The number of para-hydroxylation sites is 1. The highest BCUT2D eigenvalue weighted by atomic mass is 32.1. The molecule has 1 saturated heterocycles. The number of benzene rings is 2. The van der Waals surface area contributed by atoms with E-state index in [1.807, 2.05) is 41.8 Å². The molecule has 0 unspecified atom stereocenters. The van der Waals surface area contributed by atoms with Crippen LogP contribution in [0.2, 0.25) is 0 Å². The second-order valence-electron chi connectivity index (χ2n) is 7.07. The quantitative estimate of drug-likeness (QED) is 0.541. The highest BCUT2D eigenvalue weighted by Crippen LogP contribution is 2.36. The van der Waals surface area contributed by atoms with E-state index in [0.29, 0.717) is 32.0 Å². The van der Waals surface area contributed by atoms with Crippen LogP contribution in [0.3, 0.4) is 0 Å². The van der Waals surface area contributed by atoms with Gasteiger partial charge < -0.3 is 24.8 Å². The van der Waals surface area contributed by atoms with Gasteiger partial charge in [-0.2, -0.15) is 0 Å². The SMILES string of the molecule is COCCOc1ccccc1-c1csc(-c2cc(N3CCOCC3)ccc2C(N)=O)n1. The lowest BCUT2D eigenvalue weighted by Crippen LogP contribution is -2.36. The maximum atomic E-state index is 12.1. The number of morpholine rings is 1. The van der Waals surface area contributed by atoms with E-state index in [1.54, 1.807) is 13.2 Å². The minimum atomic E-state index is -0.469. The predicted molar refractivity (Wildman–Crippen MR) is 122 cm³/mol. The average Bonchev–Trinajstić information content (AvgIpc) is 3.30. The number of carbonyl (C=O) groups is 1. The fourth-order valence-electron chi connectivity index (χ4n) is 3.50. The van der Waals surface area contributed by atoms with E-state index in [2.05, 4.69) is 4.90 Å². The van der Waals surface area contributed by atoms with E-state index in [4.69, 9.17) is 24.9 Å². The lowest BCUT2D eigenvalue weighted by molar-refractivity contribution is 0.100. The maximum Gasteiger partial charge on any atom is 0.249 e. The second-order valence-corrected chi connectivity index (χ2v) is 7.93. The molecule has 0 saturated carbocycles. The number of nitrogens with zero attached hydrogens (tertiary/aromatic N) is 2. The molecule has 1 fully saturated rings. The summed E-state index contributed by atoms with van der Waals surface area (Å²) in [5.41, 5.74) is 9.58. The third-order valence-corrected chi connectivity index (χ3v) is 5.96. The number of primary amides is 1. The molecular weight excluding hydrogens is 414 g/mol. The molecule has 0 bridgehead atoms. The van der Waals surface area contributed by atoms with Gasteiger partial charge in [0, 0.05) is 48.0 Å². The van der Waals surface area contributed by atoms with E-state index in [0.717, 1.165) is 46.4 Å².